The number of rotatable bonds is 1. The van der Waals surface area contributed by atoms with Gasteiger partial charge in [0.05, 0.1) is 10.9 Å². The van der Waals surface area contributed by atoms with Gasteiger partial charge in [0, 0.05) is 6.20 Å². The van der Waals surface area contributed by atoms with E-state index in [2.05, 4.69) is 9.97 Å². The second-order valence-electron chi connectivity index (χ2n) is 3.62. The predicted molar refractivity (Wildman–Crippen MR) is 65.1 cm³/mol. The molecule has 1 aromatic carbocycles. The Morgan fingerprint density at radius 1 is 0.941 bits per heavy atom. The summed E-state index contributed by atoms with van der Waals surface area (Å²) in [4.78, 5) is 20.6. The highest BCUT2D eigenvalue weighted by atomic mass is 16.1. The molecule has 4 heteroatoms. The molecular weight excluding hydrogens is 214 g/mol. The molecule has 2 aromatic heterocycles. The van der Waals surface area contributed by atoms with Crippen molar-refractivity contribution in [3.05, 3.63) is 65.3 Å². The standard InChI is InChI=1S/C13H9N3O/c17-13-10-5-1-2-6-11(10)15-9-16(13)12-7-3-4-8-14-12/h1-9H. The first kappa shape index (κ1) is 9.72. The highest BCUT2D eigenvalue weighted by Crippen LogP contribution is 2.06. The molecule has 0 radical (unpaired) electrons. The van der Waals surface area contributed by atoms with E-state index in [0.29, 0.717) is 16.7 Å². The fourth-order valence-corrected chi connectivity index (χ4v) is 1.73. The van der Waals surface area contributed by atoms with Gasteiger partial charge in [0.2, 0.25) is 0 Å². The summed E-state index contributed by atoms with van der Waals surface area (Å²) in [5.74, 6) is 0.579. The highest BCUT2D eigenvalue weighted by Gasteiger charge is 2.04. The van der Waals surface area contributed by atoms with E-state index in [1.165, 1.54) is 10.9 Å². The molecule has 4 nitrogen and oxygen atoms in total. The summed E-state index contributed by atoms with van der Waals surface area (Å²) in [7, 11) is 0. The Hall–Kier alpha value is -2.49. The number of nitrogens with zero attached hydrogens (tertiary/aromatic N) is 3. The Labute approximate surface area is 97.2 Å². The topological polar surface area (TPSA) is 47.8 Å². The summed E-state index contributed by atoms with van der Waals surface area (Å²) in [6.45, 7) is 0. The Balaban J connectivity index is 2.33. The fraction of sp³-hybridized carbons (Fsp3) is 0. The maximum absolute atomic E-state index is 12.2. The van der Waals surface area contributed by atoms with Crippen LogP contribution in [0.5, 0.6) is 0 Å². The zero-order valence-electron chi connectivity index (χ0n) is 8.95. The van der Waals surface area contributed by atoms with E-state index in [1.54, 1.807) is 18.3 Å². The molecule has 3 rings (SSSR count). The van der Waals surface area contributed by atoms with Gasteiger partial charge in [-0.3, -0.25) is 9.36 Å². The lowest BCUT2D eigenvalue weighted by molar-refractivity contribution is 0.920. The maximum atomic E-state index is 12.2. The minimum absolute atomic E-state index is 0.102. The van der Waals surface area contributed by atoms with Crippen molar-refractivity contribution in [3.8, 4) is 5.82 Å². The smallest absolute Gasteiger partial charge is 0.266 e. The highest BCUT2D eigenvalue weighted by molar-refractivity contribution is 5.77. The monoisotopic (exact) mass is 223 g/mol. The molecule has 0 aliphatic rings. The SMILES string of the molecule is O=c1c2ccccc2ncn1-c1ccccn1. The largest absolute Gasteiger partial charge is 0.268 e. The number of hydrogen-bond donors (Lipinski definition) is 0. The van der Waals surface area contributed by atoms with Crippen LogP contribution in [0.1, 0.15) is 0 Å². The van der Waals surface area contributed by atoms with Crippen LogP contribution in [0.25, 0.3) is 16.7 Å². The lowest BCUT2D eigenvalue weighted by Crippen LogP contribution is -2.19. The van der Waals surface area contributed by atoms with Crippen LogP contribution >= 0.6 is 0 Å². The molecule has 82 valence electrons. The molecule has 0 aliphatic carbocycles. The normalized spacial score (nSPS) is 10.6. The van der Waals surface area contributed by atoms with Crippen LogP contribution in [0.15, 0.2) is 59.8 Å². The van der Waals surface area contributed by atoms with Gasteiger partial charge in [-0.25, -0.2) is 9.97 Å². The molecule has 0 saturated heterocycles. The Kier molecular flexibility index (Phi) is 2.19. The number of aromatic nitrogens is 3. The van der Waals surface area contributed by atoms with Crippen LogP contribution in [-0.4, -0.2) is 14.5 Å². The van der Waals surface area contributed by atoms with Crippen molar-refractivity contribution in [3.63, 3.8) is 0 Å². The first-order chi connectivity index (χ1) is 8.36. The first-order valence-corrected chi connectivity index (χ1v) is 5.24. The molecule has 0 spiro atoms. The lowest BCUT2D eigenvalue weighted by atomic mass is 10.2. The molecule has 3 aromatic rings. The summed E-state index contributed by atoms with van der Waals surface area (Å²) in [5, 5.41) is 0.598. The molecule has 0 aliphatic heterocycles. The third-order valence-corrected chi connectivity index (χ3v) is 2.56. The average Bonchev–Trinajstić information content (AvgIpc) is 2.40. The number of hydrogen-bond acceptors (Lipinski definition) is 3. The zero-order chi connectivity index (χ0) is 11.7. The molecule has 0 bridgehead atoms. The predicted octanol–water partition coefficient (Wildman–Crippen LogP) is 1.78. The molecule has 0 N–H and O–H groups in total. The van der Waals surface area contributed by atoms with Gasteiger partial charge in [0.15, 0.2) is 0 Å². The average molecular weight is 223 g/mol. The molecular formula is C13H9N3O. The van der Waals surface area contributed by atoms with Crippen molar-refractivity contribution >= 4 is 10.9 Å². The maximum Gasteiger partial charge on any atom is 0.266 e. The van der Waals surface area contributed by atoms with Crippen LogP contribution in [-0.2, 0) is 0 Å². The minimum atomic E-state index is -0.102. The Bertz CT molecular complexity index is 719. The van der Waals surface area contributed by atoms with Gasteiger partial charge in [-0.1, -0.05) is 18.2 Å². The van der Waals surface area contributed by atoms with Crippen LogP contribution < -0.4 is 5.56 Å². The molecule has 0 fully saturated rings. The minimum Gasteiger partial charge on any atom is -0.268 e. The fourth-order valence-electron chi connectivity index (χ4n) is 1.73. The second kappa shape index (κ2) is 3.83. The summed E-state index contributed by atoms with van der Waals surface area (Å²) < 4.78 is 1.45. The lowest BCUT2D eigenvalue weighted by Gasteiger charge is -2.04. The van der Waals surface area contributed by atoms with E-state index in [-0.39, 0.29) is 5.56 Å². The Morgan fingerprint density at radius 3 is 2.59 bits per heavy atom. The molecule has 2 heterocycles. The molecule has 17 heavy (non-hydrogen) atoms. The summed E-state index contributed by atoms with van der Waals surface area (Å²) in [5.41, 5.74) is 0.596. The van der Waals surface area contributed by atoms with Gasteiger partial charge in [-0.2, -0.15) is 0 Å². The number of benzene rings is 1. The molecule has 0 saturated carbocycles. The van der Waals surface area contributed by atoms with Gasteiger partial charge < -0.3 is 0 Å². The van der Waals surface area contributed by atoms with E-state index >= 15 is 0 Å². The number of fused-ring (bicyclic) bond motifs is 1. The number of para-hydroxylation sites is 1. The zero-order valence-corrected chi connectivity index (χ0v) is 8.95. The second-order valence-corrected chi connectivity index (χ2v) is 3.62. The van der Waals surface area contributed by atoms with Gasteiger partial charge in [0.25, 0.3) is 5.56 Å². The van der Waals surface area contributed by atoms with Crippen molar-refractivity contribution in [1.82, 2.24) is 14.5 Å². The Morgan fingerprint density at radius 2 is 1.76 bits per heavy atom. The summed E-state index contributed by atoms with van der Waals surface area (Å²) in [6, 6.07) is 12.7. The quantitative estimate of drug-likeness (QED) is 0.631. The molecule has 0 unspecified atom stereocenters. The molecule has 0 amide bonds. The van der Waals surface area contributed by atoms with Crippen molar-refractivity contribution < 1.29 is 0 Å². The van der Waals surface area contributed by atoms with Crippen molar-refractivity contribution in [2.45, 2.75) is 0 Å². The summed E-state index contributed by atoms with van der Waals surface area (Å²) >= 11 is 0. The van der Waals surface area contributed by atoms with Crippen molar-refractivity contribution in [2.24, 2.45) is 0 Å². The van der Waals surface area contributed by atoms with Crippen LogP contribution in [0.4, 0.5) is 0 Å². The van der Waals surface area contributed by atoms with E-state index in [1.807, 2.05) is 30.3 Å². The number of pyridine rings is 1. The van der Waals surface area contributed by atoms with E-state index in [0.717, 1.165) is 0 Å². The van der Waals surface area contributed by atoms with E-state index < -0.39 is 0 Å². The van der Waals surface area contributed by atoms with Gasteiger partial charge >= 0.3 is 0 Å². The molecule has 0 atom stereocenters. The van der Waals surface area contributed by atoms with Crippen LogP contribution in [0, 0.1) is 0 Å². The van der Waals surface area contributed by atoms with E-state index in [4.69, 9.17) is 0 Å². The van der Waals surface area contributed by atoms with Gasteiger partial charge in [-0.05, 0) is 24.3 Å². The van der Waals surface area contributed by atoms with Crippen molar-refractivity contribution in [2.75, 3.05) is 0 Å². The third kappa shape index (κ3) is 1.59. The first-order valence-electron chi connectivity index (χ1n) is 5.24. The summed E-state index contributed by atoms with van der Waals surface area (Å²) in [6.07, 6.45) is 3.16. The van der Waals surface area contributed by atoms with E-state index in [9.17, 15) is 4.79 Å². The van der Waals surface area contributed by atoms with Gasteiger partial charge in [0.1, 0.15) is 12.1 Å². The third-order valence-electron chi connectivity index (χ3n) is 2.56. The van der Waals surface area contributed by atoms with Crippen molar-refractivity contribution in [1.29, 1.82) is 0 Å². The van der Waals surface area contributed by atoms with Crippen LogP contribution in [0.2, 0.25) is 0 Å². The van der Waals surface area contributed by atoms with Gasteiger partial charge in [-0.15, -0.1) is 0 Å². The van der Waals surface area contributed by atoms with Crippen LogP contribution in [0.3, 0.4) is 0 Å².